The van der Waals surface area contributed by atoms with E-state index in [0.717, 1.165) is 0 Å². The van der Waals surface area contributed by atoms with Crippen molar-refractivity contribution in [2.24, 2.45) is 10.8 Å². The minimum absolute atomic E-state index is 0.204. The zero-order valence-electron chi connectivity index (χ0n) is 38.7. The second-order valence-corrected chi connectivity index (χ2v) is 19.3. The monoisotopic (exact) mass is 757 g/mol. The first-order valence-corrected chi connectivity index (χ1v) is 24.9. The molecule has 0 heteroatoms. The molecule has 0 aliphatic carbocycles. The van der Waals surface area contributed by atoms with Crippen LogP contribution >= 0.6 is 0 Å². The molecule has 0 amide bonds. The Hall–Kier alpha value is -1.56. The van der Waals surface area contributed by atoms with Crippen molar-refractivity contribution < 1.29 is 0 Å². The molecule has 0 aliphatic rings. The lowest BCUT2D eigenvalue weighted by atomic mass is 9.53. The average Bonchev–Trinajstić information content (AvgIpc) is 3.20. The van der Waals surface area contributed by atoms with Crippen molar-refractivity contribution in [2.45, 2.75) is 265 Å². The average molecular weight is 757 g/mol. The highest BCUT2D eigenvalue weighted by Crippen LogP contribution is 2.58. The molecule has 0 saturated heterocycles. The minimum Gasteiger partial charge on any atom is -0.0654 e. The molecule has 0 nitrogen and oxygen atoms in total. The Bertz CT molecular complexity index is 1150. The molecule has 2 rings (SSSR count). The fraction of sp³-hybridized carbons (Fsp3) is 0.782. The molecule has 4 unspecified atom stereocenters. The molecule has 0 heterocycles. The fourth-order valence-corrected chi connectivity index (χ4v) is 11.2. The van der Waals surface area contributed by atoms with Gasteiger partial charge in [0.15, 0.2) is 0 Å². The molecule has 316 valence electrons. The van der Waals surface area contributed by atoms with Crippen molar-refractivity contribution in [1.82, 2.24) is 0 Å². The molecule has 55 heavy (non-hydrogen) atoms. The van der Waals surface area contributed by atoms with E-state index in [1.54, 1.807) is 11.1 Å². The molecule has 0 aliphatic heterocycles. The standard InChI is InChI=1S/C55H96/c1-9-16-21-24-26-36-46-55(45-35-25-22-17-10-2,51-39-31-28-32-40-51)49-54(43-33-19-12-4,44-34-23-18-11-3)48-53(41-14-6,42-20-13-5)47-52(8,15-7)50-37-29-27-30-38-50/h27-32,37-40H,9-26,33-36,41-49H2,1-8H3. The highest BCUT2D eigenvalue weighted by atomic mass is 14.5. The van der Waals surface area contributed by atoms with Crippen LogP contribution in [0.25, 0.3) is 0 Å². The van der Waals surface area contributed by atoms with Crippen LogP contribution < -0.4 is 0 Å². The van der Waals surface area contributed by atoms with Gasteiger partial charge < -0.3 is 0 Å². The van der Waals surface area contributed by atoms with Gasteiger partial charge in [-0.1, -0.05) is 251 Å². The van der Waals surface area contributed by atoms with Crippen molar-refractivity contribution in [1.29, 1.82) is 0 Å². The van der Waals surface area contributed by atoms with Crippen molar-refractivity contribution in [3.05, 3.63) is 71.8 Å². The molecule has 0 aromatic heterocycles. The number of unbranched alkanes of at least 4 members (excludes halogenated alkanes) is 15. The minimum atomic E-state index is 0.204. The van der Waals surface area contributed by atoms with Crippen molar-refractivity contribution >= 4 is 0 Å². The topological polar surface area (TPSA) is 0 Å². The zero-order chi connectivity index (χ0) is 40.1. The smallest absolute Gasteiger partial charge is 0.00417 e. The van der Waals surface area contributed by atoms with E-state index in [1.165, 1.54) is 199 Å². The predicted molar refractivity (Wildman–Crippen MR) is 250 cm³/mol. The van der Waals surface area contributed by atoms with Gasteiger partial charge in [0, 0.05) is 0 Å². The van der Waals surface area contributed by atoms with Gasteiger partial charge in [0.25, 0.3) is 0 Å². The highest BCUT2D eigenvalue weighted by Gasteiger charge is 2.47. The van der Waals surface area contributed by atoms with Crippen molar-refractivity contribution in [3.63, 3.8) is 0 Å². The van der Waals surface area contributed by atoms with E-state index in [0.29, 0.717) is 10.8 Å². The maximum Gasteiger partial charge on any atom is -0.00417 e. The summed E-state index contributed by atoms with van der Waals surface area (Å²) < 4.78 is 0. The molecule has 0 spiro atoms. The van der Waals surface area contributed by atoms with Gasteiger partial charge in [0.1, 0.15) is 0 Å². The molecule has 0 bridgehead atoms. The quantitative estimate of drug-likeness (QED) is 0.0608. The van der Waals surface area contributed by atoms with Gasteiger partial charge in [0.2, 0.25) is 0 Å². The van der Waals surface area contributed by atoms with E-state index in [4.69, 9.17) is 0 Å². The Balaban J connectivity index is 2.84. The number of hydrogen-bond acceptors (Lipinski definition) is 0. The highest BCUT2D eigenvalue weighted by molar-refractivity contribution is 5.27. The second kappa shape index (κ2) is 28.8. The van der Waals surface area contributed by atoms with Crippen LogP contribution in [0.4, 0.5) is 0 Å². The Morgan fingerprint density at radius 2 is 0.709 bits per heavy atom. The third kappa shape index (κ3) is 17.9. The van der Waals surface area contributed by atoms with E-state index in [1.807, 2.05) is 0 Å². The second-order valence-electron chi connectivity index (χ2n) is 19.3. The van der Waals surface area contributed by atoms with Crippen LogP contribution in [0.3, 0.4) is 0 Å². The largest absolute Gasteiger partial charge is 0.0654 e. The van der Waals surface area contributed by atoms with Gasteiger partial charge in [0.05, 0.1) is 0 Å². The molecule has 4 atom stereocenters. The van der Waals surface area contributed by atoms with Gasteiger partial charge in [-0.15, -0.1) is 0 Å². The Labute approximate surface area is 346 Å². The van der Waals surface area contributed by atoms with E-state index in [9.17, 15) is 0 Å². The summed E-state index contributed by atoms with van der Waals surface area (Å²) in [5.74, 6) is 0. The van der Waals surface area contributed by atoms with E-state index in [-0.39, 0.29) is 10.8 Å². The van der Waals surface area contributed by atoms with Crippen LogP contribution in [0.15, 0.2) is 60.7 Å². The summed E-state index contributed by atoms with van der Waals surface area (Å²) in [6, 6.07) is 24.0. The first-order valence-electron chi connectivity index (χ1n) is 24.9. The lowest BCUT2D eigenvalue weighted by Crippen LogP contribution is -2.42. The Morgan fingerprint density at radius 3 is 1.20 bits per heavy atom. The van der Waals surface area contributed by atoms with E-state index < -0.39 is 0 Å². The Morgan fingerprint density at radius 1 is 0.327 bits per heavy atom. The summed E-state index contributed by atoms with van der Waals surface area (Å²) in [5.41, 5.74) is 4.47. The van der Waals surface area contributed by atoms with Gasteiger partial charge >= 0.3 is 0 Å². The third-order valence-electron chi connectivity index (χ3n) is 14.3. The van der Waals surface area contributed by atoms with E-state index in [2.05, 4.69) is 116 Å². The lowest BCUT2D eigenvalue weighted by Gasteiger charge is -2.52. The SMILES string of the molecule is CCCCCCCCC(CCCCCCC)(CC(CCCCC)(CCCCCC)CC(CCC)(CCCC)CC(C)(CC)c1ccccc1)c1ccccc1. The zero-order valence-corrected chi connectivity index (χ0v) is 38.7. The molecule has 0 radical (unpaired) electrons. The van der Waals surface area contributed by atoms with Crippen molar-refractivity contribution in [3.8, 4) is 0 Å². The lowest BCUT2D eigenvalue weighted by molar-refractivity contribution is 0.0260. The summed E-state index contributed by atoms with van der Waals surface area (Å²) in [6.45, 7) is 19.7. The normalized spacial score (nSPS) is 16.3. The number of rotatable bonds is 36. The van der Waals surface area contributed by atoms with E-state index >= 15 is 0 Å². The molecule has 2 aromatic carbocycles. The molecule has 0 fully saturated rings. The van der Waals surface area contributed by atoms with Gasteiger partial charge in [-0.3, -0.25) is 0 Å². The first kappa shape index (κ1) is 49.6. The summed E-state index contributed by atoms with van der Waals surface area (Å²) in [5, 5.41) is 0. The molecule has 0 N–H and O–H groups in total. The van der Waals surface area contributed by atoms with Crippen LogP contribution in [0.2, 0.25) is 0 Å². The maximum atomic E-state index is 2.64. The van der Waals surface area contributed by atoms with Gasteiger partial charge in [-0.25, -0.2) is 0 Å². The van der Waals surface area contributed by atoms with Gasteiger partial charge in [-0.2, -0.15) is 0 Å². The summed E-state index contributed by atoms with van der Waals surface area (Å²) in [6.07, 6.45) is 42.7. The Kier molecular flexibility index (Phi) is 25.9. The van der Waals surface area contributed by atoms with Crippen LogP contribution in [0.5, 0.6) is 0 Å². The summed E-state index contributed by atoms with van der Waals surface area (Å²) in [4.78, 5) is 0. The van der Waals surface area contributed by atoms with Crippen LogP contribution in [0, 0.1) is 10.8 Å². The van der Waals surface area contributed by atoms with Gasteiger partial charge in [-0.05, 0) is 97.0 Å². The predicted octanol–water partition coefficient (Wildman–Crippen LogP) is 19.1. The summed E-state index contributed by atoms with van der Waals surface area (Å²) in [7, 11) is 0. The van der Waals surface area contributed by atoms with Crippen LogP contribution in [0.1, 0.15) is 266 Å². The maximum absolute atomic E-state index is 2.64. The summed E-state index contributed by atoms with van der Waals surface area (Å²) >= 11 is 0. The first-order chi connectivity index (χ1) is 26.8. The van der Waals surface area contributed by atoms with Crippen LogP contribution in [-0.4, -0.2) is 0 Å². The van der Waals surface area contributed by atoms with Crippen LogP contribution in [-0.2, 0) is 10.8 Å². The molecule has 2 aromatic rings. The number of benzene rings is 2. The fourth-order valence-electron chi connectivity index (χ4n) is 11.2. The number of hydrogen-bond donors (Lipinski definition) is 0. The molecule has 0 saturated carbocycles. The van der Waals surface area contributed by atoms with Crippen molar-refractivity contribution in [2.75, 3.05) is 0 Å². The molecular weight excluding hydrogens is 661 g/mol. The molecular formula is C55H96. The third-order valence-corrected chi connectivity index (χ3v) is 14.3.